The van der Waals surface area contributed by atoms with Crippen LogP contribution in [0.15, 0.2) is 30.6 Å². The predicted octanol–water partition coefficient (Wildman–Crippen LogP) is 0.0162. The van der Waals surface area contributed by atoms with Crippen LogP contribution in [0, 0.1) is 5.41 Å². The van der Waals surface area contributed by atoms with E-state index in [9.17, 15) is 4.79 Å². The molecule has 1 amide bonds. The maximum atomic E-state index is 12.7. The Labute approximate surface area is 123 Å². The van der Waals surface area contributed by atoms with Gasteiger partial charge in [-0.15, -0.1) is 0 Å². The van der Waals surface area contributed by atoms with Crippen LogP contribution >= 0.6 is 0 Å². The zero-order valence-corrected chi connectivity index (χ0v) is 11.8. The minimum absolute atomic E-state index is 0.0519. The number of fused-ring (bicyclic) bond motifs is 2. The number of nitrogens with zero attached hydrogens (tertiary/aromatic N) is 2. The van der Waals surface area contributed by atoms with Crippen molar-refractivity contribution in [2.45, 2.75) is 24.9 Å². The summed E-state index contributed by atoms with van der Waals surface area (Å²) in [5, 5.41) is 12.3. The summed E-state index contributed by atoms with van der Waals surface area (Å²) in [5.41, 5.74) is 0.633. The zero-order valence-electron chi connectivity index (χ0n) is 11.8. The van der Waals surface area contributed by atoms with Crippen LogP contribution in [0.1, 0.15) is 23.2 Å². The molecule has 2 saturated heterocycles. The first-order valence-corrected chi connectivity index (χ1v) is 7.29. The number of pyridine rings is 1. The molecule has 2 unspecified atom stereocenters. The maximum Gasteiger partial charge on any atom is 0.261 e. The number of carbonyl (C=O) groups is 1. The number of amides is 1. The number of rotatable bonds is 4. The van der Waals surface area contributed by atoms with Gasteiger partial charge in [0, 0.05) is 43.7 Å². The maximum absolute atomic E-state index is 12.7. The molecule has 0 saturated carbocycles. The van der Waals surface area contributed by atoms with E-state index in [-0.39, 0.29) is 5.91 Å². The number of allylic oxidation sites excluding steroid dienone is 1. The molecule has 110 valence electrons. The monoisotopic (exact) mass is 286 g/mol. The fourth-order valence-corrected chi connectivity index (χ4v) is 3.07. The fourth-order valence-electron chi connectivity index (χ4n) is 3.07. The van der Waals surface area contributed by atoms with Gasteiger partial charge < -0.3 is 15.6 Å². The molecule has 0 spiro atoms. The van der Waals surface area contributed by atoms with E-state index in [0.717, 1.165) is 25.9 Å². The topological polar surface area (TPSA) is 85.7 Å². The molecule has 6 heteroatoms. The van der Waals surface area contributed by atoms with Gasteiger partial charge in [-0.2, -0.15) is 0 Å². The second kappa shape index (κ2) is 6.15. The molecule has 2 aliphatic heterocycles. The zero-order chi connectivity index (χ0) is 14.7. The van der Waals surface area contributed by atoms with E-state index in [2.05, 4.69) is 10.3 Å². The quantitative estimate of drug-likeness (QED) is 0.682. The third-order valence-electron chi connectivity index (χ3n) is 4.03. The summed E-state index contributed by atoms with van der Waals surface area (Å²) in [6.45, 7) is 1.56. The van der Waals surface area contributed by atoms with Crippen molar-refractivity contribution in [2.75, 3.05) is 13.1 Å². The van der Waals surface area contributed by atoms with Crippen molar-refractivity contribution in [1.82, 2.24) is 15.2 Å². The lowest BCUT2D eigenvalue weighted by atomic mass is 10.1. The van der Waals surface area contributed by atoms with Gasteiger partial charge in [-0.05, 0) is 25.0 Å². The number of hydrogen-bond donors (Lipinski definition) is 3. The number of likely N-dealkylation sites (tertiary alicyclic amines) is 1. The Hall–Kier alpha value is -2.05. The fraction of sp³-hybridized carbons (Fsp3) is 0.400. The Balaban J connectivity index is 1.77. The highest BCUT2D eigenvalue weighted by molar-refractivity contribution is 5.97. The Morgan fingerprint density at radius 1 is 1.43 bits per heavy atom. The summed E-state index contributed by atoms with van der Waals surface area (Å²) in [6, 6.07) is 4.50. The van der Waals surface area contributed by atoms with Crippen LogP contribution in [-0.2, 0) is 0 Å². The summed E-state index contributed by atoms with van der Waals surface area (Å²) in [4.78, 5) is 19.0. The van der Waals surface area contributed by atoms with Crippen molar-refractivity contribution >= 4 is 17.9 Å². The number of aromatic nitrogens is 1. The number of quaternary nitrogens is 1. The molecule has 2 bridgehead atoms. The highest BCUT2D eigenvalue weighted by atomic mass is 16.2. The van der Waals surface area contributed by atoms with Gasteiger partial charge in [0.25, 0.3) is 5.91 Å². The van der Waals surface area contributed by atoms with E-state index in [4.69, 9.17) is 5.41 Å². The normalized spacial score (nSPS) is 24.5. The molecular formula is C15H20N5O+. The van der Waals surface area contributed by atoms with Crippen LogP contribution in [0.3, 0.4) is 0 Å². The first kappa shape index (κ1) is 13.9. The first-order chi connectivity index (χ1) is 10.3. The number of carbonyl (C=O) groups excluding carboxylic acids is 1. The van der Waals surface area contributed by atoms with Gasteiger partial charge in [0.1, 0.15) is 11.8 Å². The van der Waals surface area contributed by atoms with E-state index >= 15 is 0 Å². The van der Waals surface area contributed by atoms with Crippen LogP contribution in [0.5, 0.6) is 0 Å². The van der Waals surface area contributed by atoms with Crippen molar-refractivity contribution < 1.29 is 10.1 Å². The third kappa shape index (κ3) is 3.01. The van der Waals surface area contributed by atoms with Crippen molar-refractivity contribution in [2.24, 2.45) is 0 Å². The van der Waals surface area contributed by atoms with Crippen molar-refractivity contribution in [3.63, 3.8) is 0 Å². The smallest absolute Gasteiger partial charge is 0.261 e. The van der Waals surface area contributed by atoms with Gasteiger partial charge in [0.2, 0.25) is 5.82 Å². The van der Waals surface area contributed by atoms with E-state index in [1.165, 1.54) is 6.21 Å². The molecule has 3 heterocycles. The van der Waals surface area contributed by atoms with Gasteiger partial charge in [-0.25, -0.2) is 4.98 Å². The van der Waals surface area contributed by atoms with Gasteiger partial charge in [0.05, 0.1) is 0 Å². The molecule has 1 aromatic heterocycles. The molecule has 3 rings (SSSR count). The van der Waals surface area contributed by atoms with E-state index in [0.29, 0.717) is 23.5 Å². The van der Waals surface area contributed by atoms with Crippen LogP contribution in [0.25, 0.3) is 0 Å². The SMILES string of the molecule is N=C/C=C\[NH2+]c1ncccc1C(=O)N1CC2CCC(C1)N2. The van der Waals surface area contributed by atoms with Gasteiger partial charge >= 0.3 is 0 Å². The summed E-state index contributed by atoms with van der Waals surface area (Å²) >= 11 is 0. The molecule has 6 nitrogen and oxygen atoms in total. The minimum Gasteiger partial charge on any atom is -0.335 e. The summed E-state index contributed by atoms with van der Waals surface area (Å²) in [5.74, 6) is 0.711. The lowest BCUT2D eigenvalue weighted by Crippen LogP contribution is -2.72. The molecule has 0 radical (unpaired) electrons. The minimum atomic E-state index is 0.0519. The molecule has 2 aliphatic rings. The van der Waals surface area contributed by atoms with Crippen LogP contribution in [0.4, 0.5) is 5.82 Å². The third-order valence-corrected chi connectivity index (χ3v) is 4.03. The predicted molar refractivity (Wildman–Crippen MR) is 79.6 cm³/mol. The Morgan fingerprint density at radius 2 is 2.19 bits per heavy atom. The standard InChI is InChI=1S/C15H19N5O/c16-6-2-8-18-14-13(3-1-7-17-14)15(21)20-9-11-4-5-12(10-20)19-11/h1-3,6-8,11-12,16,19H,4-5,9-10H2,(H,17,18)/p+1/b8-2-,16-6?. The molecular weight excluding hydrogens is 266 g/mol. The average molecular weight is 286 g/mol. The number of hydrogen-bond acceptors (Lipinski definition) is 4. The van der Waals surface area contributed by atoms with Crippen molar-refractivity contribution in [1.29, 1.82) is 5.41 Å². The highest BCUT2D eigenvalue weighted by Crippen LogP contribution is 2.22. The van der Waals surface area contributed by atoms with Crippen molar-refractivity contribution in [3.05, 3.63) is 36.2 Å². The lowest BCUT2D eigenvalue weighted by molar-refractivity contribution is -0.500. The molecule has 0 aromatic carbocycles. The Bertz CT molecular complexity index is 559. The largest absolute Gasteiger partial charge is 0.335 e. The van der Waals surface area contributed by atoms with Crippen LogP contribution in [-0.4, -0.2) is 47.2 Å². The summed E-state index contributed by atoms with van der Waals surface area (Å²) in [7, 11) is 0. The van der Waals surface area contributed by atoms with Crippen LogP contribution < -0.4 is 10.6 Å². The van der Waals surface area contributed by atoms with Gasteiger partial charge in [0.15, 0.2) is 0 Å². The lowest BCUT2D eigenvalue weighted by Gasteiger charge is -2.32. The molecule has 2 fully saturated rings. The molecule has 4 N–H and O–H groups in total. The van der Waals surface area contributed by atoms with E-state index < -0.39 is 0 Å². The molecule has 0 aliphatic carbocycles. The molecule has 21 heavy (non-hydrogen) atoms. The Kier molecular flexibility index (Phi) is 4.08. The molecule has 1 aromatic rings. The molecule has 2 atom stereocenters. The second-order valence-corrected chi connectivity index (χ2v) is 5.50. The van der Waals surface area contributed by atoms with E-state index in [1.54, 1.807) is 29.9 Å². The van der Waals surface area contributed by atoms with Crippen molar-refractivity contribution in [3.8, 4) is 0 Å². The second-order valence-electron chi connectivity index (χ2n) is 5.50. The van der Waals surface area contributed by atoms with Gasteiger partial charge in [-0.1, -0.05) is 0 Å². The summed E-state index contributed by atoms with van der Waals surface area (Å²) in [6.07, 6.45) is 8.53. The summed E-state index contributed by atoms with van der Waals surface area (Å²) < 4.78 is 0. The number of nitrogens with one attached hydrogen (secondary N) is 2. The average Bonchev–Trinajstić information content (AvgIpc) is 2.85. The number of piperazine rings is 1. The van der Waals surface area contributed by atoms with Gasteiger partial charge in [-0.3, -0.25) is 10.1 Å². The first-order valence-electron chi connectivity index (χ1n) is 7.29. The van der Waals surface area contributed by atoms with Crippen LogP contribution in [0.2, 0.25) is 0 Å². The number of nitrogens with two attached hydrogens (primary N) is 1. The Morgan fingerprint density at radius 3 is 2.90 bits per heavy atom. The highest BCUT2D eigenvalue weighted by Gasteiger charge is 2.35. The van der Waals surface area contributed by atoms with E-state index in [1.807, 2.05) is 11.0 Å².